The molecular formula is C15H20N2O4. The van der Waals surface area contributed by atoms with Crippen LogP contribution in [0, 0.1) is 5.92 Å². The molecule has 1 fully saturated rings. The fourth-order valence-electron chi connectivity index (χ4n) is 2.48. The lowest BCUT2D eigenvalue weighted by molar-refractivity contribution is -0.128. The summed E-state index contributed by atoms with van der Waals surface area (Å²) in [5, 5.41) is 0. The van der Waals surface area contributed by atoms with Gasteiger partial charge in [0, 0.05) is 19.5 Å². The number of primary amides is 1. The summed E-state index contributed by atoms with van der Waals surface area (Å²) in [5.74, 6) is 0.559. The average molecular weight is 292 g/mol. The highest BCUT2D eigenvalue weighted by atomic mass is 16.5. The van der Waals surface area contributed by atoms with Gasteiger partial charge >= 0.3 is 0 Å². The lowest BCUT2D eigenvalue weighted by atomic mass is 10.1. The summed E-state index contributed by atoms with van der Waals surface area (Å²) in [5.41, 5.74) is 6.30. The molecule has 21 heavy (non-hydrogen) atoms. The average Bonchev–Trinajstić information content (AvgIpc) is 2.86. The molecule has 1 heterocycles. The van der Waals surface area contributed by atoms with Gasteiger partial charge in [-0.1, -0.05) is 6.07 Å². The monoisotopic (exact) mass is 292 g/mol. The van der Waals surface area contributed by atoms with Crippen molar-refractivity contribution in [3.8, 4) is 11.5 Å². The highest BCUT2D eigenvalue weighted by molar-refractivity contribution is 5.88. The first-order chi connectivity index (χ1) is 10.0. The molecule has 2 N–H and O–H groups in total. The smallest absolute Gasteiger partial charge is 0.223 e. The SMILES string of the molecule is COc1ccc(CCN2C[C@H](C(N)=O)CC2=O)cc1OC. The summed E-state index contributed by atoms with van der Waals surface area (Å²) in [7, 11) is 3.17. The van der Waals surface area contributed by atoms with E-state index in [1.165, 1.54) is 0 Å². The largest absolute Gasteiger partial charge is 0.493 e. The van der Waals surface area contributed by atoms with Crippen LogP contribution < -0.4 is 15.2 Å². The number of benzene rings is 1. The molecule has 1 saturated heterocycles. The molecule has 0 spiro atoms. The Morgan fingerprint density at radius 1 is 1.33 bits per heavy atom. The van der Waals surface area contributed by atoms with Crippen LogP contribution >= 0.6 is 0 Å². The summed E-state index contributed by atoms with van der Waals surface area (Å²) in [6, 6.07) is 5.67. The number of nitrogens with two attached hydrogens (primary N) is 1. The summed E-state index contributed by atoms with van der Waals surface area (Å²) < 4.78 is 10.4. The van der Waals surface area contributed by atoms with Crippen LogP contribution in [0.25, 0.3) is 0 Å². The van der Waals surface area contributed by atoms with Crippen LogP contribution in [0.1, 0.15) is 12.0 Å². The second kappa shape index (κ2) is 6.47. The zero-order valence-corrected chi connectivity index (χ0v) is 12.3. The standard InChI is InChI=1S/C15H20N2O4/c1-20-12-4-3-10(7-13(12)21-2)5-6-17-9-11(15(16)19)8-14(17)18/h3-4,7,11H,5-6,8-9H2,1-2H3,(H2,16,19)/t11-/m1/s1. The van der Waals surface area contributed by atoms with Gasteiger partial charge in [0.05, 0.1) is 20.1 Å². The van der Waals surface area contributed by atoms with E-state index < -0.39 is 5.91 Å². The predicted molar refractivity (Wildman–Crippen MR) is 77.1 cm³/mol. The molecule has 1 atom stereocenters. The molecule has 1 aliphatic heterocycles. The molecule has 1 aromatic rings. The van der Waals surface area contributed by atoms with Gasteiger partial charge in [0.1, 0.15) is 0 Å². The second-order valence-electron chi connectivity index (χ2n) is 5.08. The first kappa shape index (κ1) is 15.2. The lowest BCUT2D eigenvalue weighted by Crippen LogP contribution is -2.30. The number of ether oxygens (including phenoxy) is 2. The van der Waals surface area contributed by atoms with E-state index in [0.29, 0.717) is 31.0 Å². The van der Waals surface area contributed by atoms with E-state index >= 15 is 0 Å². The van der Waals surface area contributed by atoms with Crippen LogP contribution in [0.5, 0.6) is 11.5 Å². The van der Waals surface area contributed by atoms with Crippen molar-refractivity contribution < 1.29 is 19.1 Å². The number of hydrogen-bond donors (Lipinski definition) is 1. The summed E-state index contributed by atoms with van der Waals surface area (Å²) >= 11 is 0. The van der Waals surface area contributed by atoms with Crippen molar-refractivity contribution in [1.82, 2.24) is 4.90 Å². The fourth-order valence-corrected chi connectivity index (χ4v) is 2.48. The van der Waals surface area contributed by atoms with Crippen molar-refractivity contribution in [2.45, 2.75) is 12.8 Å². The minimum absolute atomic E-state index is 0.0146. The molecule has 0 unspecified atom stereocenters. The van der Waals surface area contributed by atoms with Gasteiger partial charge in [-0.2, -0.15) is 0 Å². The second-order valence-corrected chi connectivity index (χ2v) is 5.08. The van der Waals surface area contributed by atoms with Crippen LogP contribution in [0.3, 0.4) is 0 Å². The minimum Gasteiger partial charge on any atom is -0.493 e. The van der Waals surface area contributed by atoms with Crippen molar-refractivity contribution >= 4 is 11.8 Å². The van der Waals surface area contributed by atoms with Crippen LogP contribution in [-0.4, -0.2) is 44.0 Å². The number of rotatable bonds is 6. The Kier molecular flexibility index (Phi) is 4.67. The van der Waals surface area contributed by atoms with Crippen LogP contribution in [0.4, 0.5) is 0 Å². The molecule has 0 aromatic heterocycles. The third-order valence-electron chi connectivity index (χ3n) is 3.74. The first-order valence-corrected chi connectivity index (χ1v) is 6.83. The van der Waals surface area contributed by atoms with Crippen molar-refractivity contribution in [2.75, 3.05) is 27.3 Å². The van der Waals surface area contributed by atoms with E-state index in [9.17, 15) is 9.59 Å². The van der Waals surface area contributed by atoms with Gasteiger partial charge in [0.2, 0.25) is 11.8 Å². The Morgan fingerprint density at radius 2 is 2.05 bits per heavy atom. The van der Waals surface area contributed by atoms with Crippen LogP contribution in [0.2, 0.25) is 0 Å². The molecule has 114 valence electrons. The number of carbonyl (C=O) groups excluding carboxylic acids is 2. The fraction of sp³-hybridized carbons (Fsp3) is 0.467. The highest BCUT2D eigenvalue weighted by Crippen LogP contribution is 2.28. The van der Waals surface area contributed by atoms with Crippen molar-refractivity contribution in [1.29, 1.82) is 0 Å². The number of likely N-dealkylation sites (tertiary alicyclic amines) is 1. The van der Waals surface area contributed by atoms with Crippen molar-refractivity contribution in [3.63, 3.8) is 0 Å². The third kappa shape index (κ3) is 3.45. The van der Waals surface area contributed by atoms with Gasteiger partial charge in [-0.25, -0.2) is 0 Å². The third-order valence-corrected chi connectivity index (χ3v) is 3.74. The van der Waals surface area contributed by atoms with Gasteiger partial charge in [-0.15, -0.1) is 0 Å². The first-order valence-electron chi connectivity index (χ1n) is 6.83. The highest BCUT2D eigenvalue weighted by Gasteiger charge is 2.32. The molecule has 0 bridgehead atoms. The Morgan fingerprint density at radius 3 is 2.62 bits per heavy atom. The summed E-state index contributed by atoms with van der Waals surface area (Å²) in [4.78, 5) is 24.6. The number of nitrogens with zero attached hydrogens (tertiary/aromatic N) is 1. The zero-order valence-electron chi connectivity index (χ0n) is 12.3. The zero-order chi connectivity index (χ0) is 15.4. The Hall–Kier alpha value is -2.24. The van der Waals surface area contributed by atoms with Crippen LogP contribution in [0.15, 0.2) is 18.2 Å². The number of methoxy groups -OCH3 is 2. The van der Waals surface area contributed by atoms with E-state index in [4.69, 9.17) is 15.2 Å². The summed E-state index contributed by atoms with van der Waals surface area (Å²) in [6.07, 6.45) is 0.916. The van der Waals surface area contributed by atoms with E-state index in [-0.39, 0.29) is 18.2 Å². The lowest BCUT2D eigenvalue weighted by Gasteiger charge is -2.16. The molecule has 2 rings (SSSR count). The molecule has 1 aliphatic rings. The molecular weight excluding hydrogens is 272 g/mol. The quantitative estimate of drug-likeness (QED) is 0.831. The molecule has 1 aromatic carbocycles. The van der Waals surface area contributed by atoms with Crippen LogP contribution in [-0.2, 0) is 16.0 Å². The number of hydrogen-bond acceptors (Lipinski definition) is 4. The van der Waals surface area contributed by atoms with Crippen molar-refractivity contribution in [2.24, 2.45) is 11.7 Å². The molecule has 2 amide bonds. The molecule has 0 aliphatic carbocycles. The molecule has 0 radical (unpaired) electrons. The predicted octanol–water partition coefficient (Wildman–Crippen LogP) is 0.580. The molecule has 6 heteroatoms. The van der Waals surface area contributed by atoms with Gasteiger partial charge in [-0.05, 0) is 24.1 Å². The Balaban J connectivity index is 1.97. The maximum absolute atomic E-state index is 11.8. The van der Waals surface area contributed by atoms with E-state index in [0.717, 1.165) is 5.56 Å². The maximum Gasteiger partial charge on any atom is 0.223 e. The van der Waals surface area contributed by atoms with Gasteiger partial charge in [0.25, 0.3) is 0 Å². The Bertz CT molecular complexity index is 544. The van der Waals surface area contributed by atoms with Crippen molar-refractivity contribution in [3.05, 3.63) is 23.8 Å². The molecule has 6 nitrogen and oxygen atoms in total. The van der Waals surface area contributed by atoms with E-state index in [1.807, 2.05) is 18.2 Å². The normalized spacial score (nSPS) is 17.9. The molecule has 0 saturated carbocycles. The van der Waals surface area contributed by atoms with Gasteiger partial charge in [0.15, 0.2) is 11.5 Å². The minimum atomic E-state index is -0.406. The van der Waals surface area contributed by atoms with E-state index in [1.54, 1.807) is 19.1 Å². The Labute approximate surface area is 123 Å². The maximum atomic E-state index is 11.8. The number of carbonyl (C=O) groups is 2. The topological polar surface area (TPSA) is 81.9 Å². The summed E-state index contributed by atoms with van der Waals surface area (Å²) in [6.45, 7) is 0.986. The van der Waals surface area contributed by atoms with E-state index in [2.05, 4.69) is 0 Å². The van der Waals surface area contributed by atoms with Gasteiger partial charge < -0.3 is 20.1 Å². The number of amides is 2. The van der Waals surface area contributed by atoms with Gasteiger partial charge in [-0.3, -0.25) is 9.59 Å².